The predicted molar refractivity (Wildman–Crippen MR) is 188 cm³/mol. The van der Waals surface area contributed by atoms with E-state index in [1.54, 1.807) is 0 Å². The Morgan fingerprint density at radius 2 is 0.878 bits per heavy atom. The van der Waals surface area contributed by atoms with Gasteiger partial charge in [-0.05, 0) is 220 Å². The van der Waals surface area contributed by atoms with E-state index < -0.39 is 17.9 Å². The molecule has 49 heavy (non-hydrogen) atoms. The Balaban J connectivity index is 0.837. The van der Waals surface area contributed by atoms with Crippen molar-refractivity contribution < 1.29 is 19.1 Å². The molecule has 2 aromatic carbocycles. The summed E-state index contributed by atoms with van der Waals surface area (Å²) >= 11 is 0. The number of carbonyl (C=O) groups excluding carboxylic acids is 2. The van der Waals surface area contributed by atoms with E-state index in [0.717, 1.165) is 60.7 Å². The summed E-state index contributed by atoms with van der Waals surface area (Å²) in [5.74, 6) is 8.20. The van der Waals surface area contributed by atoms with E-state index in [2.05, 4.69) is 24.3 Å². The summed E-state index contributed by atoms with van der Waals surface area (Å²) in [6, 6.07) is 16.9. The van der Waals surface area contributed by atoms with E-state index >= 15 is 0 Å². The van der Waals surface area contributed by atoms with Crippen LogP contribution in [0.4, 0.5) is 0 Å². The Bertz CT molecular complexity index is 1540. The Labute approximate surface area is 292 Å². The molecule has 14 rings (SSSR count). The Morgan fingerprint density at radius 3 is 1.33 bits per heavy atom. The van der Waals surface area contributed by atoms with Crippen LogP contribution in [0, 0.1) is 70.5 Å². The number of ether oxygens (including phenoxy) is 2. The van der Waals surface area contributed by atoms with E-state index in [9.17, 15) is 9.59 Å². The van der Waals surface area contributed by atoms with Crippen molar-refractivity contribution in [3.8, 4) is 11.5 Å². The van der Waals surface area contributed by atoms with Crippen LogP contribution in [0.1, 0.15) is 126 Å². The van der Waals surface area contributed by atoms with Gasteiger partial charge in [-0.15, -0.1) is 0 Å². The topological polar surface area (TPSA) is 52.6 Å². The second-order valence-electron chi connectivity index (χ2n) is 19.8. The molecule has 0 heterocycles. The lowest BCUT2D eigenvalue weighted by molar-refractivity contribution is -0.169. The van der Waals surface area contributed by atoms with Gasteiger partial charge in [0, 0.05) is 0 Å². The molecule has 1 unspecified atom stereocenters. The highest BCUT2D eigenvalue weighted by atomic mass is 16.6. The molecule has 4 nitrogen and oxygen atoms in total. The van der Waals surface area contributed by atoms with Gasteiger partial charge in [0.05, 0.1) is 0 Å². The van der Waals surface area contributed by atoms with Crippen molar-refractivity contribution in [2.45, 2.75) is 120 Å². The first-order valence-corrected chi connectivity index (χ1v) is 20.5. The summed E-state index contributed by atoms with van der Waals surface area (Å²) < 4.78 is 12.4. The molecule has 0 aromatic heterocycles. The highest BCUT2D eigenvalue weighted by molar-refractivity contribution is 5.97. The molecule has 12 bridgehead atoms. The van der Waals surface area contributed by atoms with Gasteiger partial charge in [0.2, 0.25) is 0 Å². The van der Waals surface area contributed by atoms with Crippen molar-refractivity contribution in [1.82, 2.24) is 0 Å². The van der Waals surface area contributed by atoms with Gasteiger partial charge in [-0.1, -0.05) is 24.3 Å². The molecular formula is C45H54O4. The summed E-state index contributed by atoms with van der Waals surface area (Å²) in [6.07, 6.45) is 21.9. The van der Waals surface area contributed by atoms with Gasteiger partial charge in [-0.3, -0.25) is 9.59 Å². The van der Waals surface area contributed by atoms with Gasteiger partial charge in [0.1, 0.15) is 11.5 Å². The Morgan fingerprint density at radius 1 is 0.490 bits per heavy atom. The van der Waals surface area contributed by atoms with Crippen molar-refractivity contribution in [1.29, 1.82) is 0 Å². The molecule has 1 atom stereocenters. The minimum absolute atomic E-state index is 0.314. The maximum atomic E-state index is 14.3. The average molecular weight is 659 g/mol. The zero-order chi connectivity index (χ0) is 32.5. The summed E-state index contributed by atoms with van der Waals surface area (Å²) in [5, 5.41) is 0. The lowest BCUT2D eigenvalue weighted by atomic mass is 9.46. The number of rotatable bonds is 7. The molecule has 12 saturated carbocycles. The molecule has 4 heteroatoms. The fraction of sp³-hybridized carbons (Fsp3) is 0.689. The monoisotopic (exact) mass is 658 g/mol. The van der Waals surface area contributed by atoms with Gasteiger partial charge >= 0.3 is 11.9 Å². The Hall–Kier alpha value is -2.62. The molecule has 0 aliphatic heterocycles. The number of hydrogen-bond donors (Lipinski definition) is 0. The molecule has 12 fully saturated rings. The third-order valence-corrected chi connectivity index (χ3v) is 16.6. The van der Waals surface area contributed by atoms with Gasteiger partial charge in [-0.25, -0.2) is 0 Å². The highest BCUT2D eigenvalue weighted by Crippen LogP contribution is 2.64. The lowest BCUT2D eigenvalue weighted by Gasteiger charge is -2.58. The largest absolute Gasteiger partial charge is 0.426 e. The molecule has 0 N–H and O–H groups in total. The molecule has 12 aliphatic rings. The van der Waals surface area contributed by atoms with Crippen LogP contribution in [0.5, 0.6) is 11.5 Å². The van der Waals surface area contributed by atoms with Gasteiger partial charge in [-0.2, -0.15) is 0 Å². The molecule has 0 saturated heterocycles. The summed E-state index contributed by atoms with van der Waals surface area (Å²) in [7, 11) is 0. The van der Waals surface area contributed by atoms with E-state index in [1.165, 1.54) is 101 Å². The van der Waals surface area contributed by atoms with Crippen molar-refractivity contribution in [2.75, 3.05) is 0 Å². The quantitative estimate of drug-likeness (QED) is 0.169. The van der Waals surface area contributed by atoms with Crippen molar-refractivity contribution >= 4 is 11.9 Å². The first kappa shape index (κ1) is 30.0. The molecule has 0 spiro atoms. The second kappa shape index (κ2) is 10.9. The van der Waals surface area contributed by atoms with Crippen LogP contribution in [-0.2, 0) is 15.0 Å². The molecule has 2 aromatic rings. The maximum Gasteiger partial charge on any atom is 0.326 e. The minimum atomic E-state index is -0.882. The fourth-order valence-electron chi connectivity index (χ4n) is 16.0. The first-order valence-electron chi connectivity index (χ1n) is 20.5. The van der Waals surface area contributed by atoms with Crippen LogP contribution in [-0.4, -0.2) is 11.9 Å². The van der Waals surface area contributed by atoms with Gasteiger partial charge in [0.15, 0.2) is 5.92 Å². The van der Waals surface area contributed by atoms with Gasteiger partial charge in [0.25, 0.3) is 0 Å². The summed E-state index contributed by atoms with van der Waals surface area (Å²) in [4.78, 5) is 28.7. The van der Waals surface area contributed by atoms with E-state index in [-0.39, 0.29) is 5.41 Å². The average Bonchev–Trinajstić information content (AvgIpc) is 3.04. The molecule has 0 radical (unpaired) electrons. The number of esters is 2. The predicted octanol–water partition coefficient (Wildman–Crippen LogP) is 10.0. The first-order chi connectivity index (χ1) is 23.8. The maximum absolute atomic E-state index is 14.3. The third kappa shape index (κ3) is 4.95. The minimum Gasteiger partial charge on any atom is -0.426 e. The lowest BCUT2D eigenvalue weighted by Crippen LogP contribution is -2.55. The van der Waals surface area contributed by atoms with E-state index in [0.29, 0.717) is 40.6 Å². The van der Waals surface area contributed by atoms with Crippen molar-refractivity contribution in [3.63, 3.8) is 0 Å². The fourth-order valence-corrected chi connectivity index (χ4v) is 16.0. The van der Waals surface area contributed by atoms with Crippen LogP contribution in [0.3, 0.4) is 0 Å². The zero-order valence-corrected chi connectivity index (χ0v) is 29.2. The van der Waals surface area contributed by atoms with Gasteiger partial charge < -0.3 is 9.47 Å². The van der Waals surface area contributed by atoms with Crippen molar-refractivity contribution in [3.05, 3.63) is 59.7 Å². The standard InChI is InChI=1S/C45H54O4/c46-42(48-38-5-1-34(2-6-38)40-35-16-26-9-27(18-35)19-36(40)17-26)41(45-23-31-13-32(24-45)15-33(14-31)25-45)43(47)49-39-7-3-37(4-8-39)44-20-28-10-29(21-44)12-30(11-28)22-44/h1-8,26-33,35-36,40-41H,9-25H2. The normalized spacial score (nSPS) is 45.4. The highest BCUT2D eigenvalue weighted by Gasteiger charge is 2.59. The summed E-state index contributed by atoms with van der Waals surface area (Å²) in [6.45, 7) is 0. The summed E-state index contributed by atoms with van der Waals surface area (Å²) in [5.41, 5.74) is 2.82. The Kier molecular flexibility index (Phi) is 6.71. The van der Waals surface area contributed by atoms with E-state index in [4.69, 9.17) is 9.47 Å². The SMILES string of the molecule is O=C(Oc1ccc(C2C3CC4CC(C3)CC2C4)cc1)C(C(=O)Oc1ccc(C23CC4CC(CC(C4)C2)C3)cc1)C12CC3CC(CC(C3)C1)C2. The number of carbonyl (C=O) groups is 2. The van der Waals surface area contributed by atoms with Crippen LogP contribution in [0.15, 0.2) is 48.5 Å². The molecular weight excluding hydrogens is 604 g/mol. The van der Waals surface area contributed by atoms with Crippen LogP contribution in [0.2, 0.25) is 0 Å². The van der Waals surface area contributed by atoms with E-state index in [1.807, 2.05) is 24.3 Å². The molecule has 0 amide bonds. The number of benzene rings is 2. The third-order valence-electron chi connectivity index (χ3n) is 16.6. The van der Waals surface area contributed by atoms with Crippen LogP contribution in [0.25, 0.3) is 0 Å². The number of hydrogen-bond acceptors (Lipinski definition) is 4. The molecule has 258 valence electrons. The van der Waals surface area contributed by atoms with Crippen molar-refractivity contribution in [2.24, 2.45) is 70.5 Å². The molecule has 12 aliphatic carbocycles. The zero-order valence-electron chi connectivity index (χ0n) is 29.2. The smallest absolute Gasteiger partial charge is 0.326 e. The van der Waals surface area contributed by atoms with Crippen LogP contribution < -0.4 is 9.47 Å². The second-order valence-corrected chi connectivity index (χ2v) is 19.8. The van der Waals surface area contributed by atoms with Crippen LogP contribution >= 0.6 is 0 Å².